The molecule has 1 aromatic carbocycles. The average molecular weight is 559 g/mol. The summed E-state index contributed by atoms with van der Waals surface area (Å²) < 4.78 is 0. The Balaban J connectivity index is 0.000000175. The van der Waals surface area contributed by atoms with E-state index in [1.165, 1.54) is 11.8 Å². The molecular formula is C32H34N10. The van der Waals surface area contributed by atoms with Crippen LogP contribution in [0.5, 0.6) is 0 Å². The highest BCUT2D eigenvalue weighted by Gasteiger charge is 2.13. The molecule has 5 aromatic rings. The van der Waals surface area contributed by atoms with Crippen molar-refractivity contribution in [2.45, 2.75) is 13.5 Å². The summed E-state index contributed by atoms with van der Waals surface area (Å²) in [7, 11) is 0. The van der Waals surface area contributed by atoms with Crippen LogP contribution in [0, 0.1) is 0 Å². The lowest BCUT2D eigenvalue weighted by Crippen LogP contribution is -2.23. The molecule has 5 heterocycles. The highest BCUT2D eigenvalue weighted by atomic mass is 15.1. The number of hydrogen-bond donors (Lipinski definition) is 5. The van der Waals surface area contributed by atoms with Gasteiger partial charge in [-0.3, -0.25) is 0 Å². The zero-order chi connectivity index (χ0) is 29.0. The predicted octanol–water partition coefficient (Wildman–Crippen LogP) is 4.93. The fraction of sp³-hybridized carbons (Fsp3) is 0.156. The number of fused-ring (bicyclic) bond motifs is 1. The number of benzene rings is 1. The van der Waals surface area contributed by atoms with Gasteiger partial charge < -0.3 is 26.7 Å². The SMILES string of the molecule is CCNc1nccc(-c2c[nH]c3ncccc23)n1.N/C=C\C=C1/CNCC=C1c1cc(NCc2ccccc2)ncn1. The molecule has 4 aromatic heterocycles. The van der Waals surface area contributed by atoms with Gasteiger partial charge in [-0.05, 0) is 48.5 Å². The molecule has 0 aliphatic carbocycles. The number of nitrogens with zero attached hydrogens (tertiary/aromatic N) is 5. The highest BCUT2D eigenvalue weighted by molar-refractivity contribution is 5.92. The molecule has 0 saturated heterocycles. The van der Waals surface area contributed by atoms with Gasteiger partial charge >= 0.3 is 0 Å². The number of nitrogens with one attached hydrogen (secondary N) is 4. The lowest BCUT2D eigenvalue weighted by Gasteiger charge is -2.18. The monoisotopic (exact) mass is 558 g/mol. The topological polar surface area (TPSA) is 142 Å². The number of anilines is 2. The first kappa shape index (κ1) is 28.2. The van der Waals surface area contributed by atoms with Crippen molar-refractivity contribution in [1.82, 2.24) is 35.2 Å². The lowest BCUT2D eigenvalue weighted by molar-refractivity contribution is 0.808. The zero-order valence-electron chi connectivity index (χ0n) is 23.5. The van der Waals surface area contributed by atoms with Gasteiger partial charge in [0, 0.05) is 67.4 Å². The van der Waals surface area contributed by atoms with Gasteiger partial charge in [-0.15, -0.1) is 0 Å². The smallest absolute Gasteiger partial charge is 0.223 e. The molecule has 1 aliphatic rings. The van der Waals surface area contributed by atoms with Gasteiger partial charge in [-0.25, -0.2) is 24.9 Å². The normalized spacial score (nSPS) is 13.9. The van der Waals surface area contributed by atoms with E-state index in [-0.39, 0.29) is 0 Å². The summed E-state index contributed by atoms with van der Waals surface area (Å²) in [4.78, 5) is 24.8. The molecule has 42 heavy (non-hydrogen) atoms. The number of pyridine rings is 1. The van der Waals surface area contributed by atoms with Crippen LogP contribution in [0.3, 0.4) is 0 Å². The number of H-pyrrole nitrogens is 1. The molecule has 1 aliphatic heterocycles. The number of nitrogens with two attached hydrogens (primary N) is 1. The fourth-order valence-electron chi connectivity index (χ4n) is 4.51. The second kappa shape index (κ2) is 14.3. The van der Waals surface area contributed by atoms with Gasteiger partial charge in [0.25, 0.3) is 0 Å². The average Bonchev–Trinajstić information content (AvgIpc) is 3.49. The Morgan fingerprint density at radius 1 is 0.952 bits per heavy atom. The summed E-state index contributed by atoms with van der Waals surface area (Å²) in [5.74, 6) is 1.46. The summed E-state index contributed by atoms with van der Waals surface area (Å²) in [6.45, 7) is 5.18. The van der Waals surface area contributed by atoms with Gasteiger partial charge in [0.15, 0.2) is 0 Å². The minimum absolute atomic E-state index is 0.647. The molecule has 0 radical (unpaired) electrons. The van der Waals surface area contributed by atoms with Crippen molar-refractivity contribution in [2.24, 2.45) is 5.73 Å². The van der Waals surface area contributed by atoms with E-state index in [0.29, 0.717) is 5.95 Å². The van der Waals surface area contributed by atoms with E-state index < -0.39 is 0 Å². The molecule has 0 spiro atoms. The first-order valence-electron chi connectivity index (χ1n) is 13.8. The van der Waals surface area contributed by atoms with Crippen LogP contribution < -0.4 is 21.7 Å². The highest BCUT2D eigenvalue weighted by Crippen LogP contribution is 2.26. The first-order chi connectivity index (χ1) is 20.7. The Hall–Kier alpha value is -5.35. The van der Waals surface area contributed by atoms with Gasteiger partial charge in [0.2, 0.25) is 5.95 Å². The van der Waals surface area contributed by atoms with Crippen molar-refractivity contribution in [3.05, 3.63) is 121 Å². The third-order valence-corrected chi connectivity index (χ3v) is 6.50. The molecule has 0 amide bonds. The van der Waals surface area contributed by atoms with E-state index in [2.05, 4.69) is 64.1 Å². The minimum Gasteiger partial charge on any atom is -0.405 e. The second-order valence-corrected chi connectivity index (χ2v) is 9.35. The summed E-state index contributed by atoms with van der Waals surface area (Å²) in [6, 6.07) is 18.1. The van der Waals surface area contributed by atoms with Gasteiger partial charge in [-0.1, -0.05) is 42.5 Å². The molecule has 10 heteroatoms. The molecule has 0 bridgehead atoms. The maximum atomic E-state index is 5.45. The Bertz CT molecular complexity index is 1690. The summed E-state index contributed by atoms with van der Waals surface area (Å²) in [6.07, 6.45) is 14.6. The molecule has 10 nitrogen and oxygen atoms in total. The quantitative estimate of drug-likeness (QED) is 0.179. The van der Waals surface area contributed by atoms with Crippen molar-refractivity contribution in [2.75, 3.05) is 30.3 Å². The van der Waals surface area contributed by atoms with Crippen molar-refractivity contribution in [3.8, 4) is 11.3 Å². The fourth-order valence-corrected chi connectivity index (χ4v) is 4.51. The van der Waals surface area contributed by atoms with E-state index in [1.54, 1.807) is 18.7 Å². The molecule has 6 N–H and O–H groups in total. The lowest BCUT2D eigenvalue weighted by atomic mass is 9.99. The van der Waals surface area contributed by atoms with Crippen LogP contribution in [-0.4, -0.2) is 49.5 Å². The Morgan fingerprint density at radius 2 is 1.86 bits per heavy atom. The molecule has 0 atom stereocenters. The number of rotatable bonds is 8. The van der Waals surface area contributed by atoms with Crippen LogP contribution in [0.4, 0.5) is 11.8 Å². The van der Waals surface area contributed by atoms with Gasteiger partial charge in [-0.2, -0.15) is 0 Å². The van der Waals surface area contributed by atoms with E-state index in [1.807, 2.05) is 67.7 Å². The van der Waals surface area contributed by atoms with Crippen molar-refractivity contribution < 1.29 is 0 Å². The summed E-state index contributed by atoms with van der Waals surface area (Å²) >= 11 is 0. The van der Waals surface area contributed by atoms with Crippen LogP contribution in [0.15, 0.2) is 110 Å². The number of aromatic amines is 1. The predicted molar refractivity (Wildman–Crippen MR) is 169 cm³/mol. The minimum atomic E-state index is 0.647. The van der Waals surface area contributed by atoms with E-state index in [4.69, 9.17) is 5.73 Å². The second-order valence-electron chi connectivity index (χ2n) is 9.35. The largest absolute Gasteiger partial charge is 0.405 e. The molecule has 0 unspecified atom stereocenters. The van der Waals surface area contributed by atoms with Crippen LogP contribution in [0.1, 0.15) is 18.2 Å². The Morgan fingerprint density at radius 3 is 2.71 bits per heavy atom. The summed E-state index contributed by atoms with van der Waals surface area (Å²) in [5, 5.41) is 10.9. The third kappa shape index (κ3) is 7.23. The van der Waals surface area contributed by atoms with Crippen molar-refractivity contribution >= 4 is 28.4 Å². The Labute approximate surface area is 245 Å². The number of aromatic nitrogens is 6. The van der Waals surface area contributed by atoms with Gasteiger partial charge in [0.05, 0.1) is 11.4 Å². The zero-order valence-corrected chi connectivity index (χ0v) is 23.5. The maximum Gasteiger partial charge on any atom is 0.223 e. The van der Waals surface area contributed by atoms with Crippen LogP contribution >= 0.6 is 0 Å². The molecule has 0 saturated carbocycles. The van der Waals surface area contributed by atoms with Crippen LogP contribution in [-0.2, 0) is 6.54 Å². The van der Waals surface area contributed by atoms with E-state index in [9.17, 15) is 0 Å². The summed E-state index contributed by atoms with van der Waals surface area (Å²) in [5.41, 5.74) is 12.7. The van der Waals surface area contributed by atoms with Crippen LogP contribution in [0.2, 0.25) is 0 Å². The molecular weight excluding hydrogens is 524 g/mol. The van der Waals surface area contributed by atoms with Crippen LogP contribution in [0.25, 0.3) is 27.9 Å². The number of hydrogen-bond acceptors (Lipinski definition) is 9. The Kier molecular flexibility index (Phi) is 9.62. The van der Waals surface area contributed by atoms with E-state index >= 15 is 0 Å². The molecule has 6 rings (SSSR count). The van der Waals surface area contributed by atoms with E-state index in [0.717, 1.165) is 71.1 Å². The maximum absolute atomic E-state index is 5.45. The van der Waals surface area contributed by atoms with Crippen molar-refractivity contribution in [3.63, 3.8) is 0 Å². The first-order valence-corrected chi connectivity index (χ1v) is 13.8. The third-order valence-electron chi connectivity index (χ3n) is 6.50. The number of allylic oxidation sites excluding steroid dienone is 2. The van der Waals surface area contributed by atoms with Gasteiger partial charge in [0.1, 0.15) is 17.8 Å². The molecule has 212 valence electrons. The van der Waals surface area contributed by atoms with Crippen molar-refractivity contribution in [1.29, 1.82) is 0 Å². The molecule has 0 fully saturated rings. The standard InChI is InChI=1S/C19H21N5.C13H13N5/c20-9-4-7-16-13-21-10-8-17(16)18-11-19(24-14-23-18)22-12-15-5-2-1-3-6-15;1-2-14-13-16-7-5-11(18-13)10-8-17-12-9(10)4-3-6-15-12/h1-9,11,14,21H,10,12-13,20H2,(H,22,23,24);3-8H,2H2,1H3,(H,15,17)(H,14,16,18)/b9-4-,16-7+;.